The second kappa shape index (κ2) is 8.17. The van der Waals surface area contributed by atoms with Crippen LogP contribution in [0.4, 0.5) is 0 Å². The van der Waals surface area contributed by atoms with Gasteiger partial charge in [0.1, 0.15) is 0 Å². The summed E-state index contributed by atoms with van der Waals surface area (Å²) in [5.74, 6) is 1.25. The van der Waals surface area contributed by atoms with E-state index in [0.29, 0.717) is 24.2 Å². The second-order valence-corrected chi connectivity index (χ2v) is 8.06. The summed E-state index contributed by atoms with van der Waals surface area (Å²) in [4.78, 5) is 22.9. The molecule has 3 N–H and O–H groups in total. The van der Waals surface area contributed by atoms with Gasteiger partial charge < -0.3 is 10.8 Å². The fourth-order valence-corrected chi connectivity index (χ4v) is 5.23. The summed E-state index contributed by atoms with van der Waals surface area (Å²) in [5.41, 5.74) is 5.49. The lowest BCUT2D eigenvalue weighted by Crippen LogP contribution is -2.41. The van der Waals surface area contributed by atoms with Gasteiger partial charge in [0.15, 0.2) is 0 Å². The van der Waals surface area contributed by atoms with E-state index in [0.717, 1.165) is 25.7 Å². The number of amides is 1. The molecule has 0 aliphatic heterocycles. The number of primary amides is 1. The van der Waals surface area contributed by atoms with Crippen LogP contribution in [0.25, 0.3) is 0 Å². The van der Waals surface area contributed by atoms with Gasteiger partial charge in [-0.25, -0.2) is 0 Å². The van der Waals surface area contributed by atoms with Gasteiger partial charge in [0, 0.05) is 6.42 Å². The minimum Gasteiger partial charge on any atom is -0.481 e. The molecule has 4 heteroatoms. The van der Waals surface area contributed by atoms with Crippen molar-refractivity contribution >= 4 is 11.9 Å². The normalized spacial score (nSPS) is 33.2. The molecule has 1 amide bonds. The molecule has 0 radical (unpaired) electrons. The highest BCUT2D eigenvalue weighted by Crippen LogP contribution is 2.62. The fourth-order valence-electron chi connectivity index (χ4n) is 5.23. The first kappa shape index (κ1) is 19.0. The lowest BCUT2D eigenvalue weighted by atomic mass is 9.67. The number of unbranched alkanes of at least 4 members (excludes halogenated alkanes) is 1. The Balaban J connectivity index is 2.06. The third-order valence-corrected chi connectivity index (χ3v) is 6.34. The molecule has 2 bridgehead atoms. The largest absolute Gasteiger partial charge is 0.481 e. The van der Waals surface area contributed by atoms with Gasteiger partial charge in [-0.3, -0.25) is 9.59 Å². The Morgan fingerprint density at radius 3 is 2.79 bits per heavy atom. The SMILES string of the molecule is CCCC(C)CC1C2CCC(C(N)=O)(C2)C1C=CCCCC(=O)O. The number of hydrogen-bond acceptors (Lipinski definition) is 2. The van der Waals surface area contributed by atoms with Crippen molar-refractivity contribution in [3.63, 3.8) is 0 Å². The molecule has 4 nitrogen and oxygen atoms in total. The van der Waals surface area contributed by atoms with E-state index in [4.69, 9.17) is 10.8 Å². The second-order valence-electron chi connectivity index (χ2n) is 8.06. The Bertz CT molecular complexity index is 487. The quantitative estimate of drug-likeness (QED) is 0.465. The van der Waals surface area contributed by atoms with Crippen LogP contribution < -0.4 is 5.73 Å². The zero-order chi connectivity index (χ0) is 17.7. The first-order chi connectivity index (χ1) is 11.4. The highest BCUT2D eigenvalue weighted by atomic mass is 16.4. The molecule has 2 saturated carbocycles. The van der Waals surface area contributed by atoms with Crippen LogP contribution in [0.3, 0.4) is 0 Å². The van der Waals surface area contributed by atoms with E-state index >= 15 is 0 Å². The molecule has 136 valence electrons. The highest BCUT2D eigenvalue weighted by Gasteiger charge is 2.59. The van der Waals surface area contributed by atoms with Crippen LogP contribution in [0.1, 0.15) is 71.6 Å². The van der Waals surface area contributed by atoms with Gasteiger partial charge in [-0.15, -0.1) is 0 Å². The van der Waals surface area contributed by atoms with Gasteiger partial charge in [0.2, 0.25) is 5.91 Å². The fraction of sp³-hybridized carbons (Fsp3) is 0.800. The molecule has 0 aromatic heterocycles. The molecule has 2 rings (SSSR count). The maximum absolute atomic E-state index is 12.2. The Morgan fingerprint density at radius 1 is 1.42 bits per heavy atom. The van der Waals surface area contributed by atoms with Crippen LogP contribution in [-0.2, 0) is 9.59 Å². The predicted octanol–water partition coefficient (Wildman–Crippen LogP) is 4.14. The molecule has 0 spiro atoms. The predicted molar refractivity (Wildman–Crippen MR) is 95.3 cm³/mol. The zero-order valence-electron chi connectivity index (χ0n) is 15.2. The molecule has 0 aromatic carbocycles. The van der Waals surface area contributed by atoms with Crippen LogP contribution in [-0.4, -0.2) is 17.0 Å². The van der Waals surface area contributed by atoms with E-state index in [-0.39, 0.29) is 23.7 Å². The van der Waals surface area contributed by atoms with E-state index in [9.17, 15) is 9.59 Å². The van der Waals surface area contributed by atoms with Crippen molar-refractivity contribution in [1.29, 1.82) is 0 Å². The molecule has 2 aliphatic carbocycles. The number of hydrogen-bond donors (Lipinski definition) is 2. The molecular weight excluding hydrogens is 302 g/mol. The summed E-state index contributed by atoms with van der Waals surface area (Å²) in [6, 6.07) is 0. The number of carboxylic acid groups (broad SMARTS) is 1. The number of rotatable bonds is 10. The number of allylic oxidation sites excluding steroid dienone is 2. The molecule has 0 aromatic rings. The van der Waals surface area contributed by atoms with Crippen molar-refractivity contribution in [3.8, 4) is 0 Å². The highest BCUT2D eigenvalue weighted by molar-refractivity contribution is 5.82. The van der Waals surface area contributed by atoms with E-state index < -0.39 is 5.97 Å². The van der Waals surface area contributed by atoms with Crippen molar-refractivity contribution in [3.05, 3.63) is 12.2 Å². The van der Waals surface area contributed by atoms with Crippen LogP contribution in [0.5, 0.6) is 0 Å². The molecule has 5 unspecified atom stereocenters. The first-order valence-corrected chi connectivity index (χ1v) is 9.59. The Labute approximate surface area is 145 Å². The molecule has 2 aliphatic rings. The summed E-state index contributed by atoms with van der Waals surface area (Å²) in [6.07, 6.45) is 12.6. The van der Waals surface area contributed by atoms with Gasteiger partial charge in [0.05, 0.1) is 5.41 Å². The van der Waals surface area contributed by atoms with Gasteiger partial charge >= 0.3 is 5.97 Å². The number of fused-ring (bicyclic) bond motifs is 2. The average Bonchev–Trinajstić information content (AvgIpc) is 3.06. The Hall–Kier alpha value is -1.32. The molecule has 0 heterocycles. The van der Waals surface area contributed by atoms with Crippen LogP contribution in [0, 0.1) is 29.1 Å². The zero-order valence-corrected chi connectivity index (χ0v) is 15.2. The standard InChI is InChI=1S/C20H33NO3/c1-3-7-14(2)12-16-15-10-11-20(13-15,19(21)24)17(16)8-5-4-6-9-18(22)23/h5,8,14-17H,3-4,6-7,9-13H2,1-2H3,(H2,21,24)(H,22,23). The summed E-state index contributed by atoms with van der Waals surface area (Å²) in [7, 11) is 0. The van der Waals surface area contributed by atoms with Crippen LogP contribution in [0.15, 0.2) is 12.2 Å². The van der Waals surface area contributed by atoms with Gasteiger partial charge in [-0.1, -0.05) is 38.8 Å². The third-order valence-electron chi connectivity index (χ3n) is 6.34. The molecule has 0 saturated heterocycles. The van der Waals surface area contributed by atoms with Gasteiger partial charge in [-0.05, 0) is 62.2 Å². The molecule has 24 heavy (non-hydrogen) atoms. The number of carbonyl (C=O) groups excluding carboxylic acids is 1. The Kier molecular flexibility index (Phi) is 6.47. The van der Waals surface area contributed by atoms with Crippen molar-refractivity contribution in [2.24, 2.45) is 34.8 Å². The van der Waals surface area contributed by atoms with E-state index in [1.165, 1.54) is 19.3 Å². The van der Waals surface area contributed by atoms with Crippen molar-refractivity contribution < 1.29 is 14.7 Å². The average molecular weight is 335 g/mol. The minimum atomic E-state index is -0.747. The third kappa shape index (κ3) is 4.01. The molecule has 2 fully saturated rings. The maximum Gasteiger partial charge on any atom is 0.303 e. The van der Waals surface area contributed by atoms with Crippen molar-refractivity contribution in [1.82, 2.24) is 0 Å². The minimum absolute atomic E-state index is 0.129. The number of nitrogens with two attached hydrogens (primary N) is 1. The maximum atomic E-state index is 12.2. The first-order valence-electron chi connectivity index (χ1n) is 9.59. The van der Waals surface area contributed by atoms with Crippen LogP contribution in [0.2, 0.25) is 0 Å². The van der Waals surface area contributed by atoms with Crippen molar-refractivity contribution in [2.45, 2.75) is 71.6 Å². The molecular formula is C20H33NO3. The molecule has 5 atom stereocenters. The van der Waals surface area contributed by atoms with Gasteiger partial charge in [0.25, 0.3) is 0 Å². The number of carboxylic acids is 1. The summed E-state index contributed by atoms with van der Waals surface area (Å²) >= 11 is 0. The topological polar surface area (TPSA) is 80.4 Å². The van der Waals surface area contributed by atoms with Crippen molar-refractivity contribution in [2.75, 3.05) is 0 Å². The summed E-state index contributed by atoms with van der Waals surface area (Å²) in [6.45, 7) is 4.54. The number of carbonyl (C=O) groups is 2. The van der Waals surface area contributed by atoms with E-state index in [1.807, 2.05) is 0 Å². The monoisotopic (exact) mass is 335 g/mol. The van der Waals surface area contributed by atoms with Gasteiger partial charge in [-0.2, -0.15) is 0 Å². The summed E-state index contributed by atoms with van der Waals surface area (Å²) in [5, 5.41) is 8.73. The Morgan fingerprint density at radius 2 is 2.17 bits per heavy atom. The smallest absolute Gasteiger partial charge is 0.303 e. The lowest BCUT2D eigenvalue weighted by Gasteiger charge is -2.36. The summed E-state index contributed by atoms with van der Waals surface area (Å²) < 4.78 is 0. The number of aliphatic carboxylic acids is 1. The van der Waals surface area contributed by atoms with E-state index in [1.54, 1.807) is 0 Å². The van der Waals surface area contributed by atoms with E-state index in [2.05, 4.69) is 26.0 Å². The van der Waals surface area contributed by atoms with Crippen LogP contribution >= 0.6 is 0 Å². The lowest BCUT2D eigenvalue weighted by molar-refractivity contribution is -0.137.